The van der Waals surface area contributed by atoms with Crippen molar-refractivity contribution in [3.8, 4) is 0 Å². The number of nitrogens with two attached hydrogens (primary N) is 1. The number of benzene rings is 1. The minimum absolute atomic E-state index is 0.0799. The molecule has 0 bridgehead atoms. The first-order valence-electron chi connectivity index (χ1n) is 6.10. The summed E-state index contributed by atoms with van der Waals surface area (Å²) in [5.41, 5.74) is 7.69. The second-order valence-electron chi connectivity index (χ2n) is 5.78. The van der Waals surface area contributed by atoms with Crippen LogP contribution in [0, 0.1) is 24.2 Å². The number of carbonyl (C=O) groups excluding carboxylic acids is 2. The van der Waals surface area contributed by atoms with Gasteiger partial charge in [-0.15, -0.1) is 0 Å². The molecule has 2 N–H and O–H groups in total. The van der Waals surface area contributed by atoms with E-state index in [0.717, 1.165) is 5.56 Å². The summed E-state index contributed by atoms with van der Waals surface area (Å²) < 4.78 is 0. The van der Waals surface area contributed by atoms with Crippen molar-refractivity contribution < 1.29 is 9.59 Å². The summed E-state index contributed by atoms with van der Waals surface area (Å²) in [6, 6.07) is 5.32. The fourth-order valence-electron chi connectivity index (χ4n) is 3.07. The molecule has 2 unspecified atom stereocenters. The third-order valence-corrected chi connectivity index (χ3v) is 4.39. The fraction of sp³-hybridized carbons (Fsp3) is 0.429. The van der Waals surface area contributed by atoms with Gasteiger partial charge in [0.15, 0.2) is 0 Å². The van der Waals surface area contributed by atoms with Gasteiger partial charge >= 0.3 is 0 Å². The first-order valence-corrected chi connectivity index (χ1v) is 6.10. The Morgan fingerprint density at radius 3 is 2.28 bits per heavy atom. The number of imide groups is 1. The Morgan fingerprint density at radius 2 is 1.72 bits per heavy atom. The van der Waals surface area contributed by atoms with Crippen LogP contribution < -0.4 is 10.6 Å². The molecule has 1 aliphatic heterocycles. The molecular formula is C14H16N2O2. The Morgan fingerprint density at radius 1 is 1.17 bits per heavy atom. The lowest BCUT2D eigenvalue weighted by Crippen LogP contribution is -2.36. The molecule has 1 aliphatic carbocycles. The predicted octanol–water partition coefficient (Wildman–Crippen LogP) is 1.72. The topological polar surface area (TPSA) is 63.4 Å². The maximum Gasteiger partial charge on any atom is 0.238 e. The smallest absolute Gasteiger partial charge is 0.238 e. The Kier molecular flexibility index (Phi) is 1.96. The van der Waals surface area contributed by atoms with Crippen molar-refractivity contribution in [1.29, 1.82) is 0 Å². The van der Waals surface area contributed by atoms with E-state index in [1.165, 1.54) is 4.90 Å². The number of amides is 2. The third kappa shape index (κ3) is 1.15. The highest BCUT2D eigenvalue weighted by Gasteiger charge is 2.72. The number of nitrogens with zero attached hydrogens (tertiary/aromatic N) is 1. The molecule has 0 spiro atoms. The molecule has 1 saturated carbocycles. The van der Waals surface area contributed by atoms with Crippen LogP contribution in [0.25, 0.3) is 0 Å². The Labute approximate surface area is 106 Å². The lowest BCUT2D eigenvalue weighted by molar-refractivity contribution is -0.125. The number of rotatable bonds is 1. The number of hydrogen-bond acceptors (Lipinski definition) is 3. The van der Waals surface area contributed by atoms with E-state index in [-0.39, 0.29) is 29.1 Å². The second-order valence-corrected chi connectivity index (χ2v) is 5.78. The monoisotopic (exact) mass is 244 g/mol. The fourth-order valence-corrected chi connectivity index (χ4v) is 3.07. The van der Waals surface area contributed by atoms with Crippen LogP contribution in [0.3, 0.4) is 0 Å². The molecule has 1 aromatic rings. The van der Waals surface area contributed by atoms with E-state index in [9.17, 15) is 9.59 Å². The molecule has 2 atom stereocenters. The maximum atomic E-state index is 12.3. The quantitative estimate of drug-likeness (QED) is 0.604. The number of carbonyl (C=O) groups is 2. The summed E-state index contributed by atoms with van der Waals surface area (Å²) in [6.45, 7) is 5.78. The molecule has 18 heavy (non-hydrogen) atoms. The molecule has 4 heteroatoms. The normalized spacial score (nSPS) is 28.5. The minimum atomic E-state index is -0.168. The van der Waals surface area contributed by atoms with Crippen molar-refractivity contribution in [3.05, 3.63) is 23.8 Å². The van der Waals surface area contributed by atoms with Gasteiger partial charge in [-0.2, -0.15) is 0 Å². The first-order chi connectivity index (χ1) is 8.37. The molecule has 0 aromatic heterocycles. The average Bonchev–Trinajstić information content (AvgIpc) is 2.75. The number of nitrogen functional groups attached to an aromatic ring is 1. The molecule has 4 nitrogen and oxygen atoms in total. The van der Waals surface area contributed by atoms with Crippen molar-refractivity contribution in [3.63, 3.8) is 0 Å². The predicted molar refractivity (Wildman–Crippen MR) is 68.8 cm³/mol. The Hall–Kier alpha value is -1.84. The van der Waals surface area contributed by atoms with E-state index < -0.39 is 0 Å². The SMILES string of the molecule is Cc1c(N)cccc1N1C(=O)C2C(C1=O)C2(C)C. The zero-order valence-electron chi connectivity index (χ0n) is 10.7. The van der Waals surface area contributed by atoms with Crippen molar-refractivity contribution in [2.75, 3.05) is 10.6 Å². The molecule has 3 rings (SSSR count). The van der Waals surface area contributed by atoms with Crippen LogP contribution >= 0.6 is 0 Å². The second kappa shape index (κ2) is 3.13. The van der Waals surface area contributed by atoms with Gasteiger partial charge in [0.05, 0.1) is 17.5 Å². The first kappa shape index (κ1) is 11.3. The molecule has 0 radical (unpaired) electrons. The average molecular weight is 244 g/mol. The molecule has 2 amide bonds. The van der Waals surface area contributed by atoms with Crippen LogP contribution in [0.15, 0.2) is 18.2 Å². The van der Waals surface area contributed by atoms with Crippen LogP contribution in [-0.2, 0) is 9.59 Å². The summed E-state index contributed by atoms with van der Waals surface area (Å²) in [7, 11) is 0. The van der Waals surface area contributed by atoms with Gasteiger partial charge in [-0.05, 0) is 30.0 Å². The minimum Gasteiger partial charge on any atom is -0.398 e. The van der Waals surface area contributed by atoms with Gasteiger partial charge < -0.3 is 5.73 Å². The van der Waals surface area contributed by atoms with E-state index in [1.807, 2.05) is 20.8 Å². The van der Waals surface area contributed by atoms with Gasteiger partial charge in [-0.1, -0.05) is 19.9 Å². The standard InChI is InChI=1S/C14H16N2O2/c1-7-8(15)5-4-6-9(7)16-12(17)10-11(13(16)18)14(10,2)3/h4-6,10-11H,15H2,1-3H3. The van der Waals surface area contributed by atoms with Crippen molar-refractivity contribution >= 4 is 23.2 Å². The van der Waals surface area contributed by atoms with Gasteiger partial charge in [-0.3, -0.25) is 9.59 Å². The molecule has 2 fully saturated rings. The van der Waals surface area contributed by atoms with Crippen molar-refractivity contribution in [2.45, 2.75) is 20.8 Å². The number of hydrogen-bond donors (Lipinski definition) is 1. The number of anilines is 2. The maximum absolute atomic E-state index is 12.3. The van der Waals surface area contributed by atoms with Crippen LogP contribution in [0.5, 0.6) is 0 Å². The van der Waals surface area contributed by atoms with Crippen LogP contribution in [0.4, 0.5) is 11.4 Å². The number of piperidine rings is 1. The zero-order chi connectivity index (χ0) is 13.2. The zero-order valence-corrected chi connectivity index (χ0v) is 10.7. The van der Waals surface area contributed by atoms with E-state index in [2.05, 4.69) is 0 Å². The lowest BCUT2D eigenvalue weighted by atomic mass is 10.0. The van der Waals surface area contributed by atoms with E-state index in [0.29, 0.717) is 11.4 Å². The summed E-state index contributed by atoms with van der Waals surface area (Å²) in [5.74, 6) is -0.455. The highest BCUT2D eigenvalue weighted by molar-refractivity contribution is 6.26. The number of fused-ring (bicyclic) bond motifs is 1. The van der Waals surface area contributed by atoms with Crippen molar-refractivity contribution in [2.24, 2.45) is 17.3 Å². The summed E-state index contributed by atoms with van der Waals surface area (Å²) in [6.07, 6.45) is 0. The van der Waals surface area contributed by atoms with Gasteiger partial charge in [0.2, 0.25) is 11.8 Å². The summed E-state index contributed by atoms with van der Waals surface area (Å²) in [4.78, 5) is 25.9. The van der Waals surface area contributed by atoms with Crippen LogP contribution in [0.2, 0.25) is 0 Å². The summed E-state index contributed by atoms with van der Waals surface area (Å²) in [5, 5.41) is 0. The van der Waals surface area contributed by atoms with Gasteiger partial charge in [0.1, 0.15) is 0 Å². The van der Waals surface area contributed by atoms with Crippen LogP contribution in [-0.4, -0.2) is 11.8 Å². The Balaban J connectivity index is 2.04. The molecule has 1 aromatic carbocycles. The molecule has 1 heterocycles. The van der Waals surface area contributed by atoms with E-state index in [4.69, 9.17) is 5.73 Å². The van der Waals surface area contributed by atoms with Gasteiger partial charge in [0, 0.05) is 5.69 Å². The van der Waals surface area contributed by atoms with E-state index >= 15 is 0 Å². The van der Waals surface area contributed by atoms with Crippen molar-refractivity contribution in [1.82, 2.24) is 0 Å². The van der Waals surface area contributed by atoms with E-state index in [1.54, 1.807) is 18.2 Å². The largest absolute Gasteiger partial charge is 0.398 e. The molecule has 2 aliphatic rings. The highest BCUT2D eigenvalue weighted by atomic mass is 16.2. The molecule has 94 valence electrons. The molecular weight excluding hydrogens is 228 g/mol. The lowest BCUT2D eigenvalue weighted by Gasteiger charge is -2.22. The molecule has 1 saturated heterocycles. The summed E-state index contributed by atoms with van der Waals surface area (Å²) >= 11 is 0. The highest BCUT2D eigenvalue weighted by Crippen LogP contribution is 2.63. The third-order valence-electron chi connectivity index (χ3n) is 4.39. The van der Waals surface area contributed by atoms with Gasteiger partial charge in [0.25, 0.3) is 0 Å². The van der Waals surface area contributed by atoms with Crippen LogP contribution in [0.1, 0.15) is 19.4 Å². The van der Waals surface area contributed by atoms with Gasteiger partial charge in [-0.25, -0.2) is 4.90 Å². The Bertz CT molecular complexity index is 553.